The van der Waals surface area contributed by atoms with E-state index < -0.39 is 12.1 Å². The van der Waals surface area contributed by atoms with E-state index in [0.717, 1.165) is 16.9 Å². The third kappa shape index (κ3) is 5.22. The van der Waals surface area contributed by atoms with Gasteiger partial charge in [-0.25, -0.2) is 0 Å². The molecule has 0 saturated carbocycles. The van der Waals surface area contributed by atoms with E-state index in [1.165, 1.54) is 7.11 Å². The van der Waals surface area contributed by atoms with E-state index in [2.05, 4.69) is 4.74 Å². The summed E-state index contributed by atoms with van der Waals surface area (Å²) in [5.74, 6) is 0.366. The zero-order valence-corrected chi connectivity index (χ0v) is 12.6. The number of aliphatic hydroxyl groups excluding tert-OH is 1. The second-order valence-corrected chi connectivity index (χ2v) is 5.06. The quantitative estimate of drug-likeness (QED) is 0.799. The molecule has 2 aromatic carbocycles. The Labute approximate surface area is 130 Å². The van der Waals surface area contributed by atoms with Crippen LogP contribution >= 0.6 is 0 Å². The minimum Gasteiger partial charge on any atom is -0.489 e. The van der Waals surface area contributed by atoms with Crippen LogP contribution in [0.5, 0.6) is 5.75 Å². The molecule has 0 bridgehead atoms. The summed E-state index contributed by atoms with van der Waals surface area (Å²) in [5, 5.41) is 9.79. The maximum atomic E-state index is 11.1. The summed E-state index contributed by atoms with van der Waals surface area (Å²) >= 11 is 0. The van der Waals surface area contributed by atoms with Crippen LogP contribution in [0.4, 0.5) is 0 Å². The topological polar surface area (TPSA) is 55.8 Å². The lowest BCUT2D eigenvalue weighted by Crippen LogP contribution is -2.17. The fourth-order valence-electron chi connectivity index (χ4n) is 2.08. The van der Waals surface area contributed by atoms with Crippen LogP contribution in [-0.2, 0) is 22.6 Å². The Bertz CT molecular complexity index is 578. The van der Waals surface area contributed by atoms with Crippen molar-refractivity contribution in [1.29, 1.82) is 0 Å². The van der Waals surface area contributed by atoms with E-state index in [1.807, 2.05) is 54.6 Å². The molecular formula is C18H20O4. The highest BCUT2D eigenvalue weighted by molar-refractivity contribution is 5.69. The monoisotopic (exact) mass is 300 g/mol. The predicted molar refractivity (Wildman–Crippen MR) is 83.6 cm³/mol. The van der Waals surface area contributed by atoms with Crippen LogP contribution in [0.2, 0.25) is 0 Å². The Kier molecular flexibility index (Phi) is 5.98. The molecule has 22 heavy (non-hydrogen) atoms. The van der Waals surface area contributed by atoms with Crippen LogP contribution in [-0.4, -0.2) is 24.3 Å². The number of ether oxygens (including phenoxy) is 2. The summed E-state index contributed by atoms with van der Waals surface area (Å²) in [4.78, 5) is 11.1. The molecule has 1 atom stereocenters. The molecule has 2 rings (SSSR count). The van der Waals surface area contributed by atoms with Crippen molar-refractivity contribution in [2.24, 2.45) is 0 Å². The number of carbonyl (C=O) groups is 1. The smallest absolute Gasteiger partial charge is 0.308 e. The van der Waals surface area contributed by atoms with Gasteiger partial charge < -0.3 is 14.6 Å². The van der Waals surface area contributed by atoms with Crippen LogP contribution in [0.15, 0.2) is 54.6 Å². The van der Waals surface area contributed by atoms with Crippen molar-refractivity contribution in [3.8, 4) is 5.75 Å². The lowest BCUT2D eigenvalue weighted by atomic mass is 10.1. The second-order valence-electron chi connectivity index (χ2n) is 5.06. The fraction of sp³-hybridized carbons (Fsp3) is 0.278. The van der Waals surface area contributed by atoms with Gasteiger partial charge in [0, 0.05) is 0 Å². The van der Waals surface area contributed by atoms with Gasteiger partial charge in [0.1, 0.15) is 12.4 Å². The maximum Gasteiger partial charge on any atom is 0.308 e. The number of esters is 1. The SMILES string of the molecule is COC(=O)C[C@@H](O)Cc1ccc(OCc2ccccc2)cc1. The molecule has 4 nitrogen and oxygen atoms in total. The van der Waals surface area contributed by atoms with Gasteiger partial charge in [-0.3, -0.25) is 4.79 Å². The highest BCUT2D eigenvalue weighted by Crippen LogP contribution is 2.16. The van der Waals surface area contributed by atoms with Gasteiger partial charge in [-0.1, -0.05) is 42.5 Å². The van der Waals surface area contributed by atoms with Crippen molar-refractivity contribution >= 4 is 5.97 Å². The number of rotatable bonds is 7. The molecule has 0 amide bonds. The summed E-state index contributed by atoms with van der Waals surface area (Å²) in [6, 6.07) is 17.5. The highest BCUT2D eigenvalue weighted by atomic mass is 16.5. The van der Waals surface area contributed by atoms with E-state index in [9.17, 15) is 9.90 Å². The average molecular weight is 300 g/mol. The Morgan fingerprint density at radius 3 is 2.36 bits per heavy atom. The maximum absolute atomic E-state index is 11.1. The van der Waals surface area contributed by atoms with E-state index in [1.54, 1.807) is 0 Å². The summed E-state index contributed by atoms with van der Waals surface area (Å²) in [6.45, 7) is 0.519. The number of methoxy groups -OCH3 is 1. The molecule has 1 N–H and O–H groups in total. The zero-order chi connectivity index (χ0) is 15.8. The van der Waals surface area contributed by atoms with E-state index in [-0.39, 0.29) is 6.42 Å². The molecule has 0 spiro atoms. The van der Waals surface area contributed by atoms with Gasteiger partial charge in [0.2, 0.25) is 0 Å². The molecule has 0 aliphatic carbocycles. The van der Waals surface area contributed by atoms with Crippen molar-refractivity contribution in [2.45, 2.75) is 25.6 Å². The molecule has 0 heterocycles. The standard InChI is InChI=1S/C18H20O4/c1-21-18(20)12-16(19)11-14-7-9-17(10-8-14)22-13-15-5-3-2-4-6-15/h2-10,16,19H,11-13H2,1H3/t16-/m0/s1. The third-order valence-corrected chi connectivity index (χ3v) is 3.27. The second kappa shape index (κ2) is 8.20. The molecule has 0 fully saturated rings. The predicted octanol–water partition coefficient (Wildman–Crippen LogP) is 2.73. The van der Waals surface area contributed by atoms with Crippen molar-refractivity contribution in [1.82, 2.24) is 0 Å². The molecule has 0 unspecified atom stereocenters. The van der Waals surface area contributed by atoms with E-state index in [4.69, 9.17) is 4.74 Å². The van der Waals surface area contributed by atoms with Gasteiger partial charge in [-0.15, -0.1) is 0 Å². The number of aliphatic hydroxyl groups is 1. The first-order chi connectivity index (χ1) is 10.7. The highest BCUT2D eigenvalue weighted by Gasteiger charge is 2.11. The lowest BCUT2D eigenvalue weighted by molar-refractivity contribution is -0.142. The molecule has 0 aliphatic rings. The van der Waals surface area contributed by atoms with Gasteiger partial charge in [-0.2, -0.15) is 0 Å². The first kappa shape index (κ1) is 16.0. The zero-order valence-electron chi connectivity index (χ0n) is 12.6. The Morgan fingerprint density at radius 1 is 1.05 bits per heavy atom. The number of benzene rings is 2. The van der Waals surface area contributed by atoms with Gasteiger partial charge in [0.25, 0.3) is 0 Å². The van der Waals surface area contributed by atoms with Crippen molar-refractivity contribution < 1.29 is 19.4 Å². The van der Waals surface area contributed by atoms with Crippen LogP contribution in [0.1, 0.15) is 17.5 Å². The Hall–Kier alpha value is -2.33. The van der Waals surface area contributed by atoms with Crippen molar-refractivity contribution in [3.63, 3.8) is 0 Å². The number of hydrogen-bond acceptors (Lipinski definition) is 4. The van der Waals surface area contributed by atoms with Gasteiger partial charge >= 0.3 is 5.97 Å². The van der Waals surface area contributed by atoms with Crippen LogP contribution in [0.3, 0.4) is 0 Å². The Morgan fingerprint density at radius 2 is 1.73 bits per heavy atom. The van der Waals surface area contributed by atoms with Crippen LogP contribution < -0.4 is 4.74 Å². The average Bonchev–Trinajstić information content (AvgIpc) is 2.55. The molecule has 0 saturated heterocycles. The van der Waals surface area contributed by atoms with Crippen molar-refractivity contribution in [2.75, 3.05) is 7.11 Å². The summed E-state index contributed by atoms with van der Waals surface area (Å²) in [7, 11) is 1.31. The summed E-state index contributed by atoms with van der Waals surface area (Å²) < 4.78 is 10.2. The van der Waals surface area contributed by atoms with E-state index in [0.29, 0.717) is 13.0 Å². The first-order valence-electron chi connectivity index (χ1n) is 7.18. The molecule has 0 aromatic heterocycles. The normalized spacial score (nSPS) is 11.7. The summed E-state index contributed by atoms with van der Waals surface area (Å²) in [5.41, 5.74) is 2.06. The minimum atomic E-state index is -0.733. The van der Waals surface area contributed by atoms with E-state index >= 15 is 0 Å². The lowest BCUT2D eigenvalue weighted by Gasteiger charge is -2.10. The number of hydrogen-bond donors (Lipinski definition) is 1. The van der Waals surface area contributed by atoms with Crippen LogP contribution in [0, 0.1) is 0 Å². The van der Waals surface area contributed by atoms with Gasteiger partial charge in [0.05, 0.1) is 19.6 Å². The molecule has 0 aliphatic heterocycles. The Balaban J connectivity index is 1.83. The molecule has 116 valence electrons. The molecule has 4 heteroatoms. The van der Waals surface area contributed by atoms with Gasteiger partial charge in [0.15, 0.2) is 0 Å². The summed E-state index contributed by atoms with van der Waals surface area (Å²) in [6.07, 6.45) is -0.319. The minimum absolute atomic E-state index is 0.00274. The number of carbonyl (C=O) groups excluding carboxylic acids is 1. The fourth-order valence-corrected chi connectivity index (χ4v) is 2.08. The van der Waals surface area contributed by atoms with Gasteiger partial charge in [-0.05, 0) is 29.7 Å². The largest absolute Gasteiger partial charge is 0.489 e. The molecule has 0 radical (unpaired) electrons. The third-order valence-electron chi connectivity index (χ3n) is 3.27. The van der Waals surface area contributed by atoms with Crippen LogP contribution in [0.25, 0.3) is 0 Å². The molecular weight excluding hydrogens is 280 g/mol. The molecule has 2 aromatic rings. The van der Waals surface area contributed by atoms with Crippen molar-refractivity contribution in [3.05, 3.63) is 65.7 Å². The first-order valence-corrected chi connectivity index (χ1v) is 7.18.